The van der Waals surface area contributed by atoms with Crippen molar-refractivity contribution in [2.24, 2.45) is 12.8 Å². The Morgan fingerprint density at radius 3 is 2.54 bits per heavy atom. The first kappa shape index (κ1) is 23.9. The van der Waals surface area contributed by atoms with Crippen LogP contribution in [0.25, 0.3) is 21.3 Å². The molecule has 0 bridgehead atoms. The van der Waals surface area contributed by atoms with Crippen molar-refractivity contribution in [3.8, 4) is 11.1 Å². The maximum atomic E-state index is 13.6. The third-order valence-corrected chi connectivity index (χ3v) is 6.52. The molecule has 0 aliphatic carbocycles. The number of hydrogen-bond acceptors (Lipinski definition) is 8. The summed E-state index contributed by atoms with van der Waals surface area (Å²) < 4.78 is 30.0. The van der Waals surface area contributed by atoms with E-state index >= 15 is 0 Å². The van der Waals surface area contributed by atoms with E-state index in [1.54, 1.807) is 20.9 Å². The molecular weight excluding hydrogens is 486 g/mol. The van der Waals surface area contributed by atoms with Crippen molar-refractivity contribution in [1.82, 2.24) is 24.5 Å². The zero-order valence-corrected chi connectivity index (χ0v) is 19.4. The minimum Gasteiger partial charge on any atom is -0.365 e. The zero-order chi connectivity index (χ0) is 25.6. The van der Waals surface area contributed by atoms with Crippen LogP contribution in [0.5, 0.6) is 0 Å². The third kappa shape index (κ3) is 3.99. The normalized spacial score (nSPS) is 11.4. The topological polar surface area (TPSA) is 164 Å². The number of hydrogen-bond donors (Lipinski definition) is 2. The number of carbonyl (C=O) groups excluding carboxylic acids is 2. The van der Waals surface area contributed by atoms with Gasteiger partial charge in [-0.25, -0.2) is 13.8 Å². The lowest BCUT2D eigenvalue weighted by Crippen LogP contribution is -2.21. The van der Waals surface area contributed by atoms with Gasteiger partial charge in [0.05, 0.1) is 16.8 Å². The number of nitrogens with one attached hydrogen (secondary N) is 1. The Labute approximate surface area is 199 Å². The lowest BCUT2D eigenvalue weighted by atomic mass is 10.0. The van der Waals surface area contributed by atoms with Crippen molar-refractivity contribution in [3.05, 3.63) is 50.5 Å². The molecule has 0 aromatic carbocycles. The molecular formula is C20H18F2N8O4S. The van der Waals surface area contributed by atoms with E-state index in [1.165, 1.54) is 10.9 Å². The highest BCUT2D eigenvalue weighted by Crippen LogP contribution is 2.43. The predicted molar refractivity (Wildman–Crippen MR) is 123 cm³/mol. The lowest BCUT2D eigenvalue weighted by molar-refractivity contribution is -0.385. The van der Waals surface area contributed by atoms with Gasteiger partial charge in [0, 0.05) is 30.2 Å². The summed E-state index contributed by atoms with van der Waals surface area (Å²) in [5.74, 6) is -1.86. The highest BCUT2D eigenvalue weighted by atomic mass is 32.1. The first-order valence-corrected chi connectivity index (χ1v) is 10.9. The molecule has 4 aromatic rings. The number of aromatic nitrogens is 5. The number of aryl methyl sites for hydroxylation is 2. The number of anilines is 1. The summed E-state index contributed by atoms with van der Waals surface area (Å²) in [5.41, 5.74) is 5.36. The molecule has 0 radical (unpaired) electrons. The Balaban J connectivity index is 1.99. The number of nitro groups is 1. The number of pyridine rings is 1. The maximum absolute atomic E-state index is 13.6. The third-order valence-electron chi connectivity index (χ3n) is 5.42. The number of nitrogens with two attached hydrogens (primary N) is 1. The fourth-order valence-electron chi connectivity index (χ4n) is 3.65. The number of nitrogens with zero attached hydrogens (tertiary/aromatic N) is 6. The number of halogens is 2. The Bertz CT molecular complexity index is 1510. The molecule has 35 heavy (non-hydrogen) atoms. The lowest BCUT2D eigenvalue weighted by Gasteiger charge is -2.11. The van der Waals surface area contributed by atoms with Crippen LogP contribution < -0.4 is 11.1 Å². The van der Waals surface area contributed by atoms with Gasteiger partial charge in [0.25, 0.3) is 18.2 Å². The smallest absolute Gasteiger partial charge is 0.320 e. The van der Waals surface area contributed by atoms with E-state index in [1.807, 2.05) is 0 Å². The van der Waals surface area contributed by atoms with Gasteiger partial charge in [-0.05, 0) is 25.5 Å². The number of fused-ring (bicyclic) bond motifs is 1. The van der Waals surface area contributed by atoms with Crippen LogP contribution in [0.4, 0.5) is 20.2 Å². The molecule has 182 valence electrons. The Hall–Kier alpha value is -4.27. The van der Waals surface area contributed by atoms with Gasteiger partial charge in [-0.2, -0.15) is 10.2 Å². The molecule has 0 fully saturated rings. The summed E-state index contributed by atoms with van der Waals surface area (Å²) in [6.45, 7) is 3.52. The van der Waals surface area contributed by atoms with Crippen molar-refractivity contribution in [3.63, 3.8) is 0 Å². The van der Waals surface area contributed by atoms with E-state index in [0.717, 1.165) is 28.3 Å². The van der Waals surface area contributed by atoms with E-state index in [-0.39, 0.29) is 38.6 Å². The van der Waals surface area contributed by atoms with Gasteiger partial charge < -0.3 is 11.1 Å². The second-order valence-electron chi connectivity index (χ2n) is 7.42. The second-order valence-corrected chi connectivity index (χ2v) is 8.42. The summed E-state index contributed by atoms with van der Waals surface area (Å²) in [6.07, 6.45) is -0.502. The van der Waals surface area contributed by atoms with Gasteiger partial charge in [0.15, 0.2) is 0 Å². The molecule has 4 aromatic heterocycles. The van der Waals surface area contributed by atoms with Crippen LogP contribution in [0, 0.1) is 17.0 Å². The van der Waals surface area contributed by atoms with Crippen molar-refractivity contribution in [1.29, 1.82) is 0 Å². The molecule has 4 rings (SSSR count). The monoisotopic (exact) mass is 504 g/mol. The minimum atomic E-state index is -2.91. The second kappa shape index (κ2) is 8.83. The maximum Gasteiger partial charge on any atom is 0.320 e. The quantitative estimate of drug-likeness (QED) is 0.287. The van der Waals surface area contributed by atoms with Gasteiger partial charge in [-0.15, -0.1) is 11.3 Å². The molecule has 12 nitrogen and oxygen atoms in total. The molecule has 0 aliphatic heterocycles. The number of rotatable bonds is 7. The molecule has 2 amide bonds. The average molecular weight is 504 g/mol. The highest BCUT2D eigenvalue weighted by molar-refractivity contribution is 7.21. The summed E-state index contributed by atoms with van der Waals surface area (Å²) >= 11 is 0.728. The SMILES string of the molecule is CCn1ncc([N+](=O)[O-])c1C(=O)Nc1c(C(N)=O)sc2nc(C(F)F)cc(-c3cnn(C)c3C)c12. The summed E-state index contributed by atoms with van der Waals surface area (Å²) in [4.78, 5) is 40.0. The van der Waals surface area contributed by atoms with E-state index < -0.39 is 34.5 Å². The average Bonchev–Trinajstić information content (AvgIpc) is 3.49. The predicted octanol–water partition coefficient (Wildman–Crippen LogP) is 3.42. The van der Waals surface area contributed by atoms with E-state index in [9.17, 15) is 28.5 Å². The van der Waals surface area contributed by atoms with Gasteiger partial charge >= 0.3 is 5.69 Å². The molecule has 0 aliphatic rings. The zero-order valence-electron chi connectivity index (χ0n) is 18.6. The molecule has 4 heterocycles. The van der Waals surface area contributed by atoms with Crippen LogP contribution in [0.3, 0.4) is 0 Å². The number of carbonyl (C=O) groups is 2. The molecule has 3 N–H and O–H groups in total. The molecule has 0 unspecified atom stereocenters. The fourth-order valence-corrected chi connectivity index (χ4v) is 4.67. The number of alkyl halides is 2. The fraction of sp³-hybridized carbons (Fsp3) is 0.250. The van der Waals surface area contributed by atoms with Gasteiger partial charge in [-0.1, -0.05) is 0 Å². The molecule has 0 spiro atoms. The van der Waals surface area contributed by atoms with E-state index in [2.05, 4.69) is 20.5 Å². The van der Waals surface area contributed by atoms with Gasteiger partial charge in [0.2, 0.25) is 5.69 Å². The molecule has 0 saturated carbocycles. The van der Waals surface area contributed by atoms with Crippen LogP contribution in [0.1, 0.15) is 44.9 Å². The Morgan fingerprint density at radius 2 is 2.00 bits per heavy atom. The van der Waals surface area contributed by atoms with Crippen LogP contribution in [-0.2, 0) is 13.6 Å². The van der Waals surface area contributed by atoms with Gasteiger partial charge in [0.1, 0.15) is 21.6 Å². The molecule has 15 heteroatoms. The number of thiophene rings is 1. The van der Waals surface area contributed by atoms with Gasteiger partial charge in [-0.3, -0.25) is 29.1 Å². The standard InChI is InChI=1S/C20H18F2N8O4S/c1-4-29-15(12(7-25-29)30(33)34)19(32)27-14-13-9(10-6-24-28(3)8(10)2)5-11(17(21)22)26-20(13)35-16(14)18(23)31/h5-7,17H,4H2,1-3H3,(H2,23,31)(H,27,32). The van der Waals surface area contributed by atoms with Crippen molar-refractivity contribution in [2.45, 2.75) is 26.8 Å². The van der Waals surface area contributed by atoms with Crippen LogP contribution in [-0.4, -0.2) is 41.3 Å². The minimum absolute atomic E-state index is 0.0312. The van der Waals surface area contributed by atoms with E-state index in [4.69, 9.17) is 5.73 Å². The molecule has 0 saturated heterocycles. The molecule has 0 atom stereocenters. The Kier molecular flexibility index (Phi) is 6.02. The van der Waals surface area contributed by atoms with Crippen molar-refractivity contribution < 1.29 is 23.3 Å². The first-order chi connectivity index (χ1) is 16.5. The highest BCUT2D eigenvalue weighted by Gasteiger charge is 2.30. The summed E-state index contributed by atoms with van der Waals surface area (Å²) in [5, 5.41) is 22.1. The number of primary amides is 1. The van der Waals surface area contributed by atoms with Crippen molar-refractivity contribution >= 4 is 44.7 Å². The summed E-state index contributed by atoms with van der Waals surface area (Å²) in [6, 6.07) is 1.16. The van der Waals surface area contributed by atoms with E-state index in [0.29, 0.717) is 11.3 Å². The Morgan fingerprint density at radius 1 is 1.29 bits per heavy atom. The van der Waals surface area contributed by atoms with Crippen LogP contribution >= 0.6 is 11.3 Å². The van der Waals surface area contributed by atoms with Crippen molar-refractivity contribution in [2.75, 3.05) is 5.32 Å². The largest absolute Gasteiger partial charge is 0.365 e. The first-order valence-electron chi connectivity index (χ1n) is 10.1. The summed E-state index contributed by atoms with van der Waals surface area (Å²) in [7, 11) is 1.67. The van der Waals surface area contributed by atoms with Crippen LogP contribution in [0.15, 0.2) is 18.5 Å². The number of amides is 2. The van der Waals surface area contributed by atoms with Crippen LogP contribution in [0.2, 0.25) is 0 Å².